The Bertz CT molecular complexity index is 2780. The summed E-state index contributed by atoms with van der Waals surface area (Å²) in [4.78, 5) is 0. The first-order chi connectivity index (χ1) is 24.4. The minimum Gasteiger partial charge on any atom is -0.504 e. The van der Waals surface area contributed by atoms with Crippen molar-refractivity contribution in [3.05, 3.63) is 202 Å². The molecule has 1 atom stereocenters. The molecule has 0 aromatic heterocycles. The minimum absolute atomic E-state index is 0.383. The summed E-state index contributed by atoms with van der Waals surface area (Å²) in [6, 6.07) is 50.3. The van der Waals surface area contributed by atoms with Gasteiger partial charge in [-0.2, -0.15) is 0 Å². The normalized spacial score (nSPS) is 16.3. The number of aliphatic hydroxyl groups excluding tert-OH is 4. The van der Waals surface area contributed by atoms with Gasteiger partial charge in [0.25, 0.3) is 0 Å². The van der Waals surface area contributed by atoms with E-state index >= 15 is 0 Å². The van der Waals surface area contributed by atoms with Gasteiger partial charge in [0.2, 0.25) is 11.5 Å². The van der Waals surface area contributed by atoms with Crippen molar-refractivity contribution < 1.29 is 20.4 Å². The van der Waals surface area contributed by atoms with Gasteiger partial charge in [0, 0.05) is 11.5 Å². The quantitative estimate of drug-likeness (QED) is 0.154. The van der Waals surface area contributed by atoms with Crippen LogP contribution in [-0.2, 0) is 0 Å². The molecule has 4 N–H and O–H groups in total. The summed E-state index contributed by atoms with van der Waals surface area (Å²) in [5, 5.41) is 53.2. The Morgan fingerprint density at radius 2 is 0.880 bits per heavy atom. The Hall–Kier alpha value is -6.52. The molecule has 4 heteroatoms. The average molecular weight is 649 g/mol. The summed E-state index contributed by atoms with van der Waals surface area (Å²) < 4.78 is 0. The van der Waals surface area contributed by atoms with Crippen molar-refractivity contribution in [2.24, 2.45) is 5.92 Å². The van der Waals surface area contributed by atoms with Crippen LogP contribution in [0.25, 0.3) is 54.6 Å². The summed E-state index contributed by atoms with van der Waals surface area (Å²) in [6.45, 7) is 0. The first-order valence-corrected chi connectivity index (χ1v) is 16.8. The van der Waals surface area contributed by atoms with Crippen LogP contribution >= 0.6 is 0 Å². The third kappa shape index (κ3) is 4.84. The highest BCUT2D eigenvalue weighted by atomic mass is 16.4. The van der Waals surface area contributed by atoms with Gasteiger partial charge in [-0.15, -0.1) is 0 Å². The molecule has 0 amide bonds. The van der Waals surface area contributed by atoms with Crippen LogP contribution in [0.3, 0.4) is 0 Å². The van der Waals surface area contributed by atoms with E-state index in [1.54, 1.807) is 6.08 Å². The van der Waals surface area contributed by atoms with Crippen molar-refractivity contribution in [1.82, 2.24) is 0 Å². The van der Waals surface area contributed by atoms with Crippen LogP contribution in [0.5, 0.6) is 0 Å². The second kappa shape index (κ2) is 11.6. The second-order valence-corrected chi connectivity index (χ2v) is 13.1. The molecule has 0 saturated heterocycles. The topological polar surface area (TPSA) is 80.9 Å². The van der Waals surface area contributed by atoms with E-state index < -0.39 is 29.0 Å². The first-order valence-electron chi connectivity index (χ1n) is 16.8. The standard InChI is InChI=1S/C46H32O4/c47-41-26-37-25-39(35-17-14-28-8-2-5-11-31(28)22-35)40-24-34(33-16-13-27-7-1-4-10-30(27)21-33)19-20-38(40)42(43(37)45(49)46(50)44(41)48)36-18-15-29-9-3-6-12-32(29)23-36/h1-24,26,37,47-50H,25H2. The summed E-state index contributed by atoms with van der Waals surface area (Å²) >= 11 is 0. The number of allylic oxidation sites excluding steroid dienone is 2. The van der Waals surface area contributed by atoms with Crippen molar-refractivity contribution in [2.45, 2.75) is 6.42 Å². The fourth-order valence-corrected chi connectivity index (χ4v) is 7.70. The maximum absolute atomic E-state index is 11.8. The van der Waals surface area contributed by atoms with Crippen molar-refractivity contribution in [1.29, 1.82) is 0 Å². The maximum atomic E-state index is 11.8. The van der Waals surface area contributed by atoms with E-state index in [0.717, 1.165) is 70.8 Å². The molecule has 0 saturated carbocycles. The fourth-order valence-electron chi connectivity index (χ4n) is 7.70. The third-order valence-corrected chi connectivity index (χ3v) is 10.2. The van der Waals surface area contributed by atoms with Gasteiger partial charge in [0.05, 0.1) is 0 Å². The number of benzene rings is 7. The number of hydrogen-bond donors (Lipinski definition) is 4. The van der Waals surface area contributed by atoms with E-state index in [1.165, 1.54) is 5.39 Å². The monoisotopic (exact) mass is 648 g/mol. The molecule has 9 rings (SSSR count). The fraction of sp³-hybridized carbons (Fsp3) is 0.0435. The van der Waals surface area contributed by atoms with Crippen LogP contribution < -0.4 is 10.4 Å². The van der Waals surface area contributed by atoms with E-state index in [-0.39, 0.29) is 0 Å². The molecule has 240 valence electrons. The molecular formula is C46H32O4. The van der Waals surface area contributed by atoms with Crippen molar-refractivity contribution in [3.8, 4) is 11.1 Å². The molecule has 4 nitrogen and oxygen atoms in total. The molecule has 0 bridgehead atoms. The van der Waals surface area contributed by atoms with Crippen LogP contribution in [0.4, 0.5) is 0 Å². The Labute approximate surface area is 288 Å². The highest BCUT2D eigenvalue weighted by Gasteiger charge is 2.33. The van der Waals surface area contributed by atoms with Crippen LogP contribution in [0.15, 0.2) is 180 Å². The van der Waals surface area contributed by atoms with Gasteiger partial charge in [-0.25, -0.2) is 0 Å². The van der Waals surface area contributed by atoms with Gasteiger partial charge in [0.1, 0.15) is 0 Å². The molecule has 2 aliphatic carbocycles. The largest absolute Gasteiger partial charge is 0.504 e. The molecule has 2 aliphatic rings. The average Bonchev–Trinajstić information content (AvgIpc) is 3.34. The molecular weight excluding hydrogens is 617 g/mol. The van der Waals surface area contributed by atoms with E-state index in [2.05, 4.69) is 109 Å². The lowest BCUT2D eigenvalue weighted by Gasteiger charge is -2.21. The van der Waals surface area contributed by atoms with Gasteiger partial charge < -0.3 is 20.4 Å². The minimum atomic E-state index is -0.752. The number of hydrogen-bond acceptors (Lipinski definition) is 4. The zero-order valence-corrected chi connectivity index (χ0v) is 27.0. The zero-order chi connectivity index (χ0) is 33.9. The Kier molecular flexibility index (Phi) is 6.85. The smallest absolute Gasteiger partial charge is 0.204 e. The number of aliphatic hydroxyl groups is 4. The second-order valence-electron chi connectivity index (χ2n) is 13.1. The summed E-state index contributed by atoms with van der Waals surface area (Å²) in [7, 11) is 0. The summed E-state index contributed by atoms with van der Waals surface area (Å²) in [5.74, 6) is -3.03. The van der Waals surface area contributed by atoms with Crippen molar-refractivity contribution in [2.75, 3.05) is 0 Å². The van der Waals surface area contributed by atoms with Crippen LogP contribution in [0, 0.1) is 5.92 Å². The molecule has 0 aliphatic heterocycles. The van der Waals surface area contributed by atoms with Gasteiger partial charge in [0.15, 0.2) is 11.5 Å². The Morgan fingerprint density at radius 1 is 0.400 bits per heavy atom. The predicted octanol–water partition coefficient (Wildman–Crippen LogP) is 9.83. The van der Waals surface area contributed by atoms with E-state index in [4.69, 9.17) is 0 Å². The van der Waals surface area contributed by atoms with Crippen LogP contribution in [0.1, 0.15) is 17.5 Å². The van der Waals surface area contributed by atoms with Crippen molar-refractivity contribution in [3.63, 3.8) is 0 Å². The molecule has 1 unspecified atom stereocenters. The molecule has 7 aromatic carbocycles. The predicted molar refractivity (Wildman–Crippen MR) is 202 cm³/mol. The van der Waals surface area contributed by atoms with Gasteiger partial charge in [-0.1, -0.05) is 121 Å². The van der Waals surface area contributed by atoms with Crippen LogP contribution in [0.2, 0.25) is 0 Å². The molecule has 50 heavy (non-hydrogen) atoms. The summed E-state index contributed by atoms with van der Waals surface area (Å²) in [6.07, 6.45) is 1.93. The molecule has 0 heterocycles. The Balaban J connectivity index is 1.44. The van der Waals surface area contributed by atoms with E-state index in [9.17, 15) is 20.4 Å². The van der Waals surface area contributed by atoms with E-state index in [0.29, 0.717) is 12.0 Å². The highest BCUT2D eigenvalue weighted by molar-refractivity contribution is 5.93. The van der Waals surface area contributed by atoms with Gasteiger partial charge in [-0.05, 0) is 113 Å². The van der Waals surface area contributed by atoms with Gasteiger partial charge in [-0.3, -0.25) is 0 Å². The maximum Gasteiger partial charge on any atom is 0.204 e. The lowest BCUT2D eigenvalue weighted by Crippen LogP contribution is -2.29. The first kappa shape index (κ1) is 29.6. The number of rotatable bonds is 3. The molecule has 0 radical (unpaired) electrons. The van der Waals surface area contributed by atoms with E-state index in [1.807, 2.05) is 36.4 Å². The third-order valence-electron chi connectivity index (χ3n) is 10.2. The van der Waals surface area contributed by atoms with Gasteiger partial charge >= 0.3 is 0 Å². The van der Waals surface area contributed by atoms with Crippen LogP contribution in [-0.4, -0.2) is 20.4 Å². The lowest BCUT2D eigenvalue weighted by atomic mass is 9.83. The Morgan fingerprint density at radius 3 is 1.50 bits per heavy atom. The van der Waals surface area contributed by atoms with Crippen molar-refractivity contribution >= 4 is 43.5 Å². The highest BCUT2D eigenvalue weighted by Crippen LogP contribution is 2.41. The molecule has 7 aromatic rings. The summed E-state index contributed by atoms with van der Waals surface area (Å²) in [5.41, 5.74) is 6.16. The SMILES string of the molecule is OC1=CC2CC(c3ccc4ccccc4c3)=c3cc(-c4ccc5ccccc5c4)ccc3=C(c3ccc4ccccc4c3)C2=C(O)C(O)=C1O. The molecule has 0 spiro atoms. The number of fused-ring (bicyclic) bond motifs is 5. The molecule has 0 fully saturated rings. The zero-order valence-electron chi connectivity index (χ0n) is 27.0. The lowest BCUT2D eigenvalue weighted by molar-refractivity contribution is 0.262.